The fraction of sp³-hybridized carbons (Fsp3) is 0.273. The molecule has 31 heavy (non-hydrogen) atoms. The van der Waals surface area contributed by atoms with Gasteiger partial charge in [-0.1, -0.05) is 22.4 Å². The molecule has 0 saturated heterocycles. The number of aryl methyl sites for hydroxylation is 1. The monoisotopic (exact) mass is 487 g/mol. The van der Waals surface area contributed by atoms with Gasteiger partial charge in [-0.15, -0.1) is 0 Å². The lowest BCUT2D eigenvalue weighted by Crippen LogP contribution is -2.25. The number of nitrogens with zero attached hydrogens (tertiary/aromatic N) is 2. The molecule has 0 saturated carbocycles. The molecule has 1 aromatic heterocycles. The third-order valence-corrected chi connectivity index (χ3v) is 5.59. The smallest absolute Gasteiger partial charge is 0.338 e. The number of amides is 1. The highest BCUT2D eigenvalue weighted by Gasteiger charge is 2.17. The summed E-state index contributed by atoms with van der Waals surface area (Å²) in [5.41, 5.74) is 0.479. The molecule has 2 aromatic carbocycles. The molecule has 1 N–H and O–H groups in total. The number of rotatable bonds is 4. The Hall–Kier alpha value is -3.07. The second-order valence-corrected chi connectivity index (χ2v) is 8.19. The average molecular weight is 488 g/mol. The van der Waals surface area contributed by atoms with Crippen LogP contribution >= 0.6 is 15.9 Å². The van der Waals surface area contributed by atoms with Crippen LogP contribution in [0.2, 0.25) is 0 Å². The Labute approximate surface area is 185 Å². The molecule has 0 unspecified atom stereocenters. The van der Waals surface area contributed by atoms with E-state index >= 15 is 0 Å². The van der Waals surface area contributed by atoms with Crippen molar-refractivity contribution in [3.63, 3.8) is 0 Å². The Morgan fingerprint density at radius 2 is 2.00 bits per heavy atom. The van der Waals surface area contributed by atoms with E-state index in [0.29, 0.717) is 28.3 Å². The standard InChI is InChI=1S/C22H19BrFN3O4/c23-14-6-8-17(16(24)11-14)26-20(28)12-31-22(30)13-5-7-15-18(10-13)25-19-4-2-1-3-9-27(19)21(15)29/h5-8,10-11H,1-4,9,12H2,(H,26,28). The molecule has 0 aliphatic carbocycles. The third kappa shape index (κ3) is 4.66. The van der Waals surface area contributed by atoms with Gasteiger partial charge in [0.1, 0.15) is 11.6 Å². The van der Waals surface area contributed by atoms with Crippen LogP contribution in [0.4, 0.5) is 10.1 Å². The van der Waals surface area contributed by atoms with E-state index in [2.05, 4.69) is 26.2 Å². The van der Waals surface area contributed by atoms with E-state index < -0.39 is 24.3 Å². The highest BCUT2D eigenvalue weighted by atomic mass is 79.9. The van der Waals surface area contributed by atoms with Crippen LogP contribution in [-0.2, 0) is 22.5 Å². The Balaban J connectivity index is 1.47. The van der Waals surface area contributed by atoms with E-state index in [9.17, 15) is 18.8 Å². The number of anilines is 1. The summed E-state index contributed by atoms with van der Waals surface area (Å²) in [4.78, 5) is 41.7. The van der Waals surface area contributed by atoms with Gasteiger partial charge >= 0.3 is 5.97 Å². The summed E-state index contributed by atoms with van der Waals surface area (Å²) in [6, 6.07) is 8.72. The summed E-state index contributed by atoms with van der Waals surface area (Å²) >= 11 is 3.14. The normalized spacial score (nSPS) is 13.4. The maximum absolute atomic E-state index is 13.8. The number of benzene rings is 2. The van der Waals surface area contributed by atoms with Gasteiger partial charge in [-0.25, -0.2) is 14.2 Å². The summed E-state index contributed by atoms with van der Waals surface area (Å²) in [7, 11) is 0. The van der Waals surface area contributed by atoms with Crippen molar-refractivity contribution in [3.05, 3.63) is 68.4 Å². The Morgan fingerprint density at radius 3 is 2.81 bits per heavy atom. The van der Waals surface area contributed by atoms with Gasteiger partial charge in [-0.2, -0.15) is 0 Å². The van der Waals surface area contributed by atoms with Gasteiger partial charge in [-0.05, 0) is 49.2 Å². The van der Waals surface area contributed by atoms with E-state index in [-0.39, 0.29) is 16.8 Å². The Kier molecular flexibility index (Phi) is 6.13. The molecule has 3 aromatic rings. The zero-order valence-corrected chi connectivity index (χ0v) is 18.1. The first kappa shape index (κ1) is 21.2. The van der Waals surface area contributed by atoms with Crippen LogP contribution in [-0.4, -0.2) is 28.0 Å². The molecule has 4 rings (SSSR count). The second kappa shape index (κ2) is 8.97. The number of fused-ring (bicyclic) bond motifs is 2. The highest BCUT2D eigenvalue weighted by Crippen LogP contribution is 2.20. The van der Waals surface area contributed by atoms with Gasteiger partial charge in [0.15, 0.2) is 6.61 Å². The predicted octanol–water partition coefficient (Wildman–Crippen LogP) is 3.82. The van der Waals surface area contributed by atoms with Crippen molar-refractivity contribution in [1.82, 2.24) is 9.55 Å². The molecule has 9 heteroatoms. The van der Waals surface area contributed by atoms with E-state index in [1.807, 2.05) is 0 Å². The maximum Gasteiger partial charge on any atom is 0.338 e. The van der Waals surface area contributed by atoms with E-state index in [4.69, 9.17) is 4.74 Å². The van der Waals surface area contributed by atoms with Crippen LogP contribution in [0.5, 0.6) is 0 Å². The maximum atomic E-state index is 13.8. The van der Waals surface area contributed by atoms with Crippen molar-refractivity contribution in [2.75, 3.05) is 11.9 Å². The summed E-state index contributed by atoms with van der Waals surface area (Å²) in [5.74, 6) is -1.29. The lowest BCUT2D eigenvalue weighted by molar-refractivity contribution is -0.119. The minimum atomic E-state index is -0.731. The molecule has 0 bridgehead atoms. The number of carbonyl (C=O) groups excluding carboxylic acids is 2. The highest BCUT2D eigenvalue weighted by molar-refractivity contribution is 9.10. The van der Waals surface area contributed by atoms with Crippen LogP contribution in [0.25, 0.3) is 10.9 Å². The van der Waals surface area contributed by atoms with Crippen LogP contribution in [0.1, 0.15) is 35.4 Å². The molecule has 0 spiro atoms. The number of aromatic nitrogens is 2. The second-order valence-electron chi connectivity index (χ2n) is 7.28. The van der Waals surface area contributed by atoms with Crippen LogP contribution in [0, 0.1) is 5.82 Å². The lowest BCUT2D eigenvalue weighted by atomic mass is 10.1. The van der Waals surface area contributed by atoms with E-state index in [0.717, 1.165) is 25.1 Å². The summed E-state index contributed by atoms with van der Waals surface area (Å²) < 4.78 is 21.1. The quantitative estimate of drug-likeness (QED) is 0.564. The minimum absolute atomic E-state index is 0.0136. The fourth-order valence-electron chi connectivity index (χ4n) is 3.54. The average Bonchev–Trinajstić information content (AvgIpc) is 2.99. The molecule has 1 amide bonds. The van der Waals surface area contributed by atoms with Gasteiger partial charge in [0.2, 0.25) is 0 Å². The fourth-order valence-corrected chi connectivity index (χ4v) is 3.87. The molecule has 160 valence electrons. The molecule has 0 radical (unpaired) electrons. The van der Waals surface area contributed by atoms with Crippen molar-refractivity contribution in [2.45, 2.75) is 32.2 Å². The predicted molar refractivity (Wildman–Crippen MR) is 117 cm³/mol. The largest absolute Gasteiger partial charge is 0.452 e. The zero-order chi connectivity index (χ0) is 22.0. The van der Waals surface area contributed by atoms with Crippen molar-refractivity contribution >= 4 is 44.4 Å². The molecular formula is C22H19BrFN3O4. The van der Waals surface area contributed by atoms with Crippen molar-refractivity contribution in [2.24, 2.45) is 0 Å². The van der Waals surface area contributed by atoms with Gasteiger partial charge < -0.3 is 10.1 Å². The third-order valence-electron chi connectivity index (χ3n) is 5.09. The van der Waals surface area contributed by atoms with Gasteiger partial charge in [0.25, 0.3) is 11.5 Å². The molecule has 1 aliphatic heterocycles. The van der Waals surface area contributed by atoms with Crippen molar-refractivity contribution < 1.29 is 18.7 Å². The zero-order valence-electron chi connectivity index (χ0n) is 16.5. The number of hydrogen-bond donors (Lipinski definition) is 1. The van der Waals surface area contributed by atoms with Gasteiger partial charge in [0.05, 0.1) is 22.2 Å². The number of carbonyl (C=O) groups is 2. The first-order valence-corrected chi connectivity index (χ1v) is 10.7. The topological polar surface area (TPSA) is 90.3 Å². The summed E-state index contributed by atoms with van der Waals surface area (Å²) in [6.07, 6.45) is 3.67. The number of esters is 1. The SMILES string of the molecule is O=C(COC(=O)c1ccc2c(=O)n3c(nc2c1)CCCCC3)Nc1ccc(Br)cc1F. The lowest BCUT2D eigenvalue weighted by Gasteiger charge is -2.11. The minimum Gasteiger partial charge on any atom is -0.452 e. The number of ether oxygens (including phenoxy) is 1. The number of halogens is 2. The first-order valence-electron chi connectivity index (χ1n) is 9.88. The van der Waals surface area contributed by atoms with Crippen LogP contribution < -0.4 is 10.9 Å². The Morgan fingerprint density at radius 1 is 1.16 bits per heavy atom. The van der Waals surface area contributed by atoms with Gasteiger partial charge in [0, 0.05) is 17.4 Å². The van der Waals surface area contributed by atoms with Crippen LogP contribution in [0.15, 0.2) is 45.7 Å². The van der Waals surface area contributed by atoms with E-state index in [1.54, 1.807) is 16.7 Å². The first-order chi connectivity index (χ1) is 14.9. The molecule has 7 nitrogen and oxygen atoms in total. The molecular weight excluding hydrogens is 469 g/mol. The molecule has 1 aliphatic rings. The number of hydrogen-bond acceptors (Lipinski definition) is 5. The molecule has 0 fully saturated rings. The van der Waals surface area contributed by atoms with E-state index in [1.165, 1.54) is 24.3 Å². The van der Waals surface area contributed by atoms with Crippen LogP contribution in [0.3, 0.4) is 0 Å². The van der Waals surface area contributed by atoms with Crippen molar-refractivity contribution in [3.8, 4) is 0 Å². The van der Waals surface area contributed by atoms with Gasteiger partial charge in [-0.3, -0.25) is 14.2 Å². The summed E-state index contributed by atoms with van der Waals surface area (Å²) in [5, 5.41) is 2.79. The Bertz CT molecular complexity index is 1240. The molecule has 0 atom stereocenters. The summed E-state index contributed by atoms with van der Waals surface area (Å²) in [6.45, 7) is 0.0711. The number of nitrogens with one attached hydrogen (secondary N) is 1. The van der Waals surface area contributed by atoms with Crippen molar-refractivity contribution in [1.29, 1.82) is 0 Å². The molecule has 2 heterocycles.